The maximum Gasteiger partial charge on any atom is 0.240 e. The first kappa shape index (κ1) is 20.4. The number of benzene rings is 3. The minimum Gasteiger partial charge on any atom is -0.292 e. The third kappa shape index (κ3) is 2.78. The highest BCUT2D eigenvalue weighted by atomic mass is 19.1. The van der Waals surface area contributed by atoms with Crippen molar-refractivity contribution >= 4 is 29.5 Å². The van der Waals surface area contributed by atoms with Crippen LogP contribution in [0.5, 0.6) is 0 Å². The van der Waals surface area contributed by atoms with Gasteiger partial charge in [-0.1, -0.05) is 36.4 Å². The minimum absolute atomic E-state index is 0.140. The van der Waals surface area contributed by atoms with Crippen LogP contribution < -0.4 is 4.90 Å². The van der Waals surface area contributed by atoms with Gasteiger partial charge < -0.3 is 0 Å². The summed E-state index contributed by atoms with van der Waals surface area (Å²) in [6.07, 6.45) is 1.60. The maximum absolute atomic E-state index is 14.6. The van der Waals surface area contributed by atoms with Crippen LogP contribution in [0.3, 0.4) is 0 Å². The maximum atomic E-state index is 14.6. The molecular weight excluding hydrogens is 440 g/mol. The number of hydrogen-bond donors (Lipinski definition) is 0. The molecule has 0 spiro atoms. The van der Waals surface area contributed by atoms with E-state index in [1.165, 1.54) is 47.5 Å². The predicted molar refractivity (Wildman–Crippen MR) is 119 cm³/mol. The van der Waals surface area contributed by atoms with Gasteiger partial charge in [0, 0.05) is 5.56 Å². The van der Waals surface area contributed by atoms with E-state index in [1.807, 2.05) is 24.3 Å². The number of carbonyl (C=O) groups excluding carboxylic acids is 3. The number of amides is 2. The Kier molecular flexibility index (Phi) is 4.45. The van der Waals surface area contributed by atoms with Crippen molar-refractivity contribution in [1.29, 1.82) is 0 Å². The second-order valence-corrected chi connectivity index (χ2v) is 8.53. The summed E-state index contributed by atoms with van der Waals surface area (Å²) in [6.45, 7) is 0. The SMILES string of the molecule is O=C(c1ccc(F)cc1)[C@H]1[C@H]2C(=O)N(c3ccccc3F)C(=O)[C@H]2[C@@H]2c3ccccc3C=NN12. The van der Waals surface area contributed by atoms with E-state index in [9.17, 15) is 23.2 Å². The number of hydrazone groups is 1. The van der Waals surface area contributed by atoms with E-state index in [4.69, 9.17) is 0 Å². The van der Waals surface area contributed by atoms with E-state index < -0.39 is 53.2 Å². The topological polar surface area (TPSA) is 70.0 Å². The second-order valence-electron chi connectivity index (χ2n) is 8.53. The molecule has 6 rings (SSSR count). The molecule has 0 aliphatic carbocycles. The fourth-order valence-electron chi connectivity index (χ4n) is 5.32. The Labute approximate surface area is 193 Å². The van der Waals surface area contributed by atoms with Crippen molar-refractivity contribution < 1.29 is 23.2 Å². The van der Waals surface area contributed by atoms with Crippen LogP contribution in [0.15, 0.2) is 77.9 Å². The zero-order valence-electron chi connectivity index (χ0n) is 17.6. The Hall–Kier alpha value is -4.20. The van der Waals surface area contributed by atoms with E-state index in [0.29, 0.717) is 0 Å². The van der Waals surface area contributed by atoms with E-state index in [2.05, 4.69) is 5.10 Å². The third-order valence-corrected chi connectivity index (χ3v) is 6.78. The van der Waals surface area contributed by atoms with Crippen LogP contribution >= 0.6 is 0 Å². The van der Waals surface area contributed by atoms with Crippen molar-refractivity contribution in [2.75, 3.05) is 4.90 Å². The summed E-state index contributed by atoms with van der Waals surface area (Å²) in [5.74, 6) is -4.88. The largest absolute Gasteiger partial charge is 0.292 e. The molecule has 0 unspecified atom stereocenters. The summed E-state index contributed by atoms with van der Waals surface area (Å²) in [6, 6.07) is 16.1. The number of rotatable bonds is 3. The molecule has 3 aliphatic rings. The van der Waals surface area contributed by atoms with Gasteiger partial charge in [-0.3, -0.25) is 19.4 Å². The van der Waals surface area contributed by atoms with Crippen molar-refractivity contribution in [3.05, 3.63) is 101 Å². The van der Waals surface area contributed by atoms with Crippen LogP contribution in [0, 0.1) is 23.5 Å². The Morgan fingerprint density at radius 3 is 2.26 bits per heavy atom. The molecule has 0 N–H and O–H groups in total. The molecule has 6 nitrogen and oxygen atoms in total. The lowest BCUT2D eigenvalue weighted by atomic mass is 9.83. The molecule has 0 saturated carbocycles. The van der Waals surface area contributed by atoms with Crippen molar-refractivity contribution in [2.24, 2.45) is 16.9 Å². The number of para-hydroxylation sites is 1. The van der Waals surface area contributed by atoms with E-state index in [1.54, 1.807) is 12.3 Å². The molecule has 2 amide bonds. The molecule has 34 heavy (non-hydrogen) atoms. The number of imide groups is 1. The summed E-state index contributed by atoms with van der Waals surface area (Å²) in [5, 5.41) is 5.97. The van der Waals surface area contributed by atoms with Crippen LogP contribution in [-0.4, -0.2) is 34.9 Å². The number of carbonyl (C=O) groups is 3. The smallest absolute Gasteiger partial charge is 0.240 e. The standard InChI is InChI=1S/C26H17F2N3O3/c27-16-11-9-14(10-12-16)24(32)23-21-20(22-17-6-2-1-5-15(17)13-29-31(22)23)25(33)30(26(21)34)19-8-4-3-7-18(19)28/h1-13,20-23H/t20-,21+,22+,23-/m1/s1. The molecule has 0 bridgehead atoms. The van der Waals surface area contributed by atoms with Crippen LogP contribution in [-0.2, 0) is 9.59 Å². The molecule has 168 valence electrons. The highest BCUT2D eigenvalue weighted by molar-refractivity contribution is 6.24. The van der Waals surface area contributed by atoms with Gasteiger partial charge in [0.05, 0.1) is 29.8 Å². The van der Waals surface area contributed by atoms with Gasteiger partial charge in [0.2, 0.25) is 11.8 Å². The summed E-state index contributed by atoms with van der Waals surface area (Å²) in [7, 11) is 0. The Balaban J connectivity index is 1.51. The Morgan fingerprint density at radius 2 is 1.50 bits per heavy atom. The van der Waals surface area contributed by atoms with Gasteiger partial charge in [-0.05, 0) is 47.5 Å². The summed E-state index contributed by atoms with van der Waals surface area (Å²) in [4.78, 5) is 41.8. The van der Waals surface area contributed by atoms with E-state index >= 15 is 0 Å². The number of hydrogen-bond acceptors (Lipinski definition) is 5. The fraction of sp³-hybridized carbons (Fsp3) is 0.154. The first-order chi connectivity index (χ1) is 16.5. The molecule has 2 fully saturated rings. The normalized spacial score (nSPS) is 24.8. The number of Topliss-reactive ketones (excluding diaryl/α,β-unsaturated/α-hetero) is 1. The molecule has 3 heterocycles. The highest BCUT2D eigenvalue weighted by Crippen LogP contribution is 2.53. The fourth-order valence-corrected chi connectivity index (χ4v) is 5.32. The number of fused-ring (bicyclic) bond motifs is 5. The highest BCUT2D eigenvalue weighted by Gasteiger charge is 2.65. The lowest BCUT2D eigenvalue weighted by Gasteiger charge is -2.33. The molecule has 4 atom stereocenters. The molecule has 3 aromatic carbocycles. The Bertz CT molecular complexity index is 1390. The van der Waals surface area contributed by atoms with Crippen LogP contribution in [0.25, 0.3) is 0 Å². The zero-order valence-corrected chi connectivity index (χ0v) is 17.6. The summed E-state index contributed by atoms with van der Waals surface area (Å²) >= 11 is 0. The summed E-state index contributed by atoms with van der Waals surface area (Å²) in [5.41, 5.74) is 1.60. The van der Waals surface area contributed by atoms with Gasteiger partial charge in [0.1, 0.15) is 17.7 Å². The van der Waals surface area contributed by atoms with Crippen molar-refractivity contribution in [1.82, 2.24) is 5.01 Å². The third-order valence-electron chi connectivity index (χ3n) is 6.78. The van der Waals surface area contributed by atoms with Crippen LogP contribution in [0.4, 0.5) is 14.5 Å². The number of ketones is 1. The van der Waals surface area contributed by atoms with Crippen LogP contribution in [0.1, 0.15) is 27.5 Å². The first-order valence-corrected chi connectivity index (χ1v) is 10.8. The molecule has 8 heteroatoms. The Morgan fingerprint density at radius 1 is 0.824 bits per heavy atom. The average Bonchev–Trinajstić information content (AvgIpc) is 3.32. The van der Waals surface area contributed by atoms with Gasteiger partial charge in [-0.25, -0.2) is 13.7 Å². The molecule has 2 saturated heterocycles. The van der Waals surface area contributed by atoms with Gasteiger partial charge in [-0.15, -0.1) is 0 Å². The van der Waals surface area contributed by atoms with Gasteiger partial charge >= 0.3 is 0 Å². The second kappa shape index (κ2) is 7.41. The van der Waals surface area contributed by atoms with Crippen molar-refractivity contribution in [3.63, 3.8) is 0 Å². The number of nitrogens with zero attached hydrogens (tertiary/aromatic N) is 3. The van der Waals surface area contributed by atoms with E-state index in [-0.39, 0.29) is 11.3 Å². The molecule has 3 aliphatic heterocycles. The van der Waals surface area contributed by atoms with E-state index in [0.717, 1.165) is 16.0 Å². The first-order valence-electron chi connectivity index (χ1n) is 10.8. The minimum atomic E-state index is -1.10. The molecule has 0 aromatic heterocycles. The van der Waals surface area contributed by atoms with Gasteiger partial charge in [0.15, 0.2) is 5.78 Å². The van der Waals surface area contributed by atoms with Crippen LogP contribution in [0.2, 0.25) is 0 Å². The average molecular weight is 457 g/mol. The van der Waals surface area contributed by atoms with Crippen molar-refractivity contribution in [3.8, 4) is 0 Å². The number of anilines is 1. The summed E-state index contributed by atoms with van der Waals surface area (Å²) < 4.78 is 28.1. The lowest BCUT2D eigenvalue weighted by molar-refractivity contribution is -0.124. The lowest BCUT2D eigenvalue weighted by Crippen LogP contribution is -2.44. The zero-order chi connectivity index (χ0) is 23.6. The van der Waals surface area contributed by atoms with Gasteiger partial charge in [0.25, 0.3) is 0 Å². The molecule has 0 radical (unpaired) electrons. The predicted octanol–water partition coefficient (Wildman–Crippen LogP) is 3.73. The molecule has 3 aromatic rings. The number of halogens is 2. The quantitative estimate of drug-likeness (QED) is 0.444. The monoisotopic (exact) mass is 457 g/mol. The van der Waals surface area contributed by atoms with Crippen molar-refractivity contribution in [2.45, 2.75) is 12.1 Å². The molecular formula is C26H17F2N3O3. The van der Waals surface area contributed by atoms with Gasteiger partial charge in [-0.2, -0.15) is 5.10 Å².